The first-order valence-corrected chi connectivity index (χ1v) is 10.1. The second kappa shape index (κ2) is 6.96. The second-order valence-corrected chi connectivity index (χ2v) is 7.86. The summed E-state index contributed by atoms with van der Waals surface area (Å²) in [5.41, 5.74) is 2.31. The smallest absolute Gasteiger partial charge is 0.260 e. The van der Waals surface area contributed by atoms with E-state index in [4.69, 9.17) is 9.72 Å². The minimum atomic E-state index is -0.206. The molecule has 0 bridgehead atoms. The quantitative estimate of drug-likeness (QED) is 0.483. The largest absolute Gasteiger partial charge is 0.497 e. The third-order valence-corrected chi connectivity index (χ3v) is 6.03. The van der Waals surface area contributed by atoms with Crippen molar-refractivity contribution in [1.29, 1.82) is 0 Å². The van der Waals surface area contributed by atoms with Crippen LogP contribution in [0.2, 0.25) is 0 Å². The van der Waals surface area contributed by atoms with Gasteiger partial charge < -0.3 is 14.3 Å². The fraction of sp³-hybridized carbons (Fsp3) is 0.143. The van der Waals surface area contributed by atoms with Crippen LogP contribution in [0.25, 0.3) is 43.6 Å². The molecule has 0 spiro atoms. The van der Waals surface area contributed by atoms with E-state index in [0.717, 1.165) is 27.4 Å². The average molecular weight is 418 g/mol. The fourth-order valence-electron chi connectivity index (χ4n) is 3.46. The highest BCUT2D eigenvalue weighted by molar-refractivity contribution is 7.22. The molecule has 0 radical (unpaired) electrons. The number of hydrogen-bond donors (Lipinski definition) is 1. The summed E-state index contributed by atoms with van der Waals surface area (Å²) >= 11 is 1.45. The molecule has 0 aliphatic carbocycles. The Bertz CT molecular complexity index is 1420. The molecule has 150 valence electrons. The Kier molecular flexibility index (Phi) is 4.25. The zero-order valence-electron chi connectivity index (χ0n) is 16.6. The first-order valence-electron chi connectivity index (χ1n) is 9.24. The van der Waals surface area contributed by atoms with Gasteiger partial charge in [-0.1, -0.05) is 12.1 Å². The zero-order valence-corrected chi connectivity index (χ0v) is 17.4. The molecular formula is C21H18N6O2S. The number of fused-ring (bicyclic) bond motifs is 1. The highest BCUT2D eigenvalue weighted by atomic mass is 32.1. The molecule has 5 aromatic rings. The van der Waals surface area contributed by atoms with E-state index < -0.39 is 0 Å². The molecule has 9 heteroatoms. The van der Waals surface area contributed by atoms with E-state index in [-0.39, 0.29) is 5.56 Å². The van der Waals surface area contributed by atoms with Gasteiger partial charge in [-0.2, -0.15) is 5.10 Å². The van der Waals surface area contributed by atoms with Crippen molar-refractivity contribution in [2.24, 2.45) is 14.1 Å². The minimum Gasteiger partial charge on any atom is -0.497 e. The number of benzene rings is 1. The van der Waals surface area contributed by atoms with Crippen LogP contribution in [-0.2, 0) is 14.1 Å². The van der Waals surface area contributed by atoms with Gasteiger partial charge in [-0.25, -0.2) is 9.97 Å². The zero-order chi connectivity index (χ0) is 20.8. The molecule has 0 aliphatic rings. The number of ether oxygens (including phenoxy) is 1. The molecule has 5 rings (SSSR count). The van der Waals surface area contributed by atoms with Gasteiger partial charge in [0.05, 0.1) is 17.4 Å². The van der Waals surface area contributed by atoms with Gasteiger partial charge in [-0.3, -0.25) is 9.48 Å². The summed E-state index contributed by atoms with van der Waals surface area (Å²) in [7, 11) is 5.36. The Balaban J connectivity index is 1.81. The van der Waals surface area contributed by atoms with Gasteiger partial charge in [-0.05, 0) is 23.8 Å². The lowest BCUT2D eigenvalue weighted by atomic mass is 10.0. The number of imidazole rings is 1. The van der Waals surface area contributed by atoms with Gasteiger partial charge in [0.25, 0.3) is 5.56 Å². The number of nitrogens with one attached hydrogen (secondary N) is 1. The van der Waals surface area contributed by atoms with Crippen LogP contribution in [0.3, 0.4) is 0 Å². The standard InChI is InChI=1S/C21H18N6O2S/c1-26-11-9-22-19(26)18-23-20(28)16-15(12-4-6-13(29-3)7-5-12)17(30-21(16)24-18)14-8-10-27(2)25-14/h4-11H,1-3H3,(H,23,24,28). The summed E-state index contributed by atoms with van der Waals surface area (Å²) in [4.78, 5) is 26.7. The van der Waals surface area contributed by atoms with Crippen LogP contribution in [0.15, 0.2) is 53.7 Å². The van der Waals surface area contributed by atoms with Gasteiger partial charge in [0.2, 0.25) is 0 Å². The fourth-order valence-corrected chi connectivity index (χ4v) is 4.62. The van der Waals surface area contributed by atoms with E-state index in [1.165, 1.54) is 11.3 Å². The maximum atomic E-state index is 13.2. The van der Waals surface area contributed by atoms with Gasteiger partial charge in [0.1, 0.15) is 16.3 Å². The lowest BCUT2D eigenvalue weighted by molar-refractivity contribution is 0.415. The highest BCUT2D eigenvalue weighted by Gasteiger charge is 2.22. The molecule has 30 heavy (non-hydrogen) atoms. The van der Waals surface area contributed by atoms with Crippen molar-refractivity contribution in [3.8, 4) is 39.1 Å². The van der Waals surface area contributed by atoms with Crippen LogP contribution in [0.4, 0.5) is 0 Å². The Morgan fingerprint density at radius 3 is 2.53 bits per heavy atom. The Morgan fingerprint density at radius 1 is 1.10 bits per heavy atom. The maximum Gasteiger partial charge on any atom is 0.260 e. The number of rotatable bonds is 4. The third-order valence-electron chi connectivity index (χ3n) is 4.92. The summed E-state index contributed by atoms with van der Waals surface area (Å²) in [6, 6.07) is 9.58. The summed E-state index contributed by atoms with van der Waals surface area (Å²) in [6.45, 7) is 0. The predicted molar refractivity (Wildman–Crippen MR) is 117 cm³/mol. The molecule has 0 aliphatic heterocycles. The van der Waals surface area contributed by atoms with Crippen molar-refractivity contribution in [3.05, 3.63) is 59.3 Å². The third kappa shape index (κ3) is 2.91. The summed E-state index contributed by atoms with van der Waals surface area (Å²) in [5.74, 6) is 1.80. The van der Waals surface area contributed by atoms with E-state index in [1.54, 1.807) is 18.0 Å². The minimum absolute atomic E-state index is 0.206. The van der Waals surface area contributed by atoms with E-state index >= 15 is 0 Å². The Morgan fingerprint density at radius 2 is 1.90 bits per heavy atom. The molecule has 1 N–H and O–H groups in total. The van der Waals surface area contributed by atoms with Crippen LogP contribution in [0, 0.1) is 0 Å². The van der Waals surface area contributed by atoms with Crippen molar-refractivity contribution >= 4 is 21.6 Å². The van der Waals surface area contributed by atoms with Crippen molar-refractivity contribution in [2.75, 3.05) is 7.11 Å². The number of aryl methyl sites for hydroxylation is 2. The lowest BCUT2D eigenvalue weighted by Gasteiger charge is -2.05. The molecule has 1 aromatic carbocycles. The monoisotopic (exact) mass is 418 g/mol. The molecule has 0 saturated heterocycles. The first-order chi connectivity index (χ1) is 14.5. The molecule has 0 atom stereocenters. The van der Waals surface area contributed by atoms with Crippen LogP contribution >= 0.6 is 11.3 Å². The average Bonchev–Trinajstić information content (AvgIpc) is 3.46. The van der Waals surface area contributed by atoms with Gasteiger partial charge in [-0.15, -0.1) is 11.3 Å². The molecule has 0 amide bonds. The molecule has 0 saturated carbocycles. The van der Waals surface area contributed by atoms with Gasteiger partial charge >= 0.3 is 0 Å². The van der Waals surface area contributed by atoms with Crippen LogP contribution < -0.4 is 10.3 Å². The number of nitrogens with zero attached hydrogens (tertiary/aromatic N) is 5. The van der Waals surface area contributed by atoms with E-state index in [9.17, 15) is 4.79 Å². The summed E-state index contributed by atoms with van der Waals surface area (Å²) in [6.07, 6.45) is 5.38. The number of aromatic amines is 1. The van der Waals surface area contributed by atoms with E-state index in [1.807, 2.05) is 61.4 Å². The normalized spacial score (nSPS) is 11.3. The van der Waals surface area contributed by atoms with Crippen molar-refractivity contribution in [2.45, 2.75) is 0 Å². The van der Waals surface area contributed by atoms with Crippen LogP contribution in [0.5, 0.6) is 5.75 Å². The number of aromatic nitrogens is 6. The topological polar surface area (TPSA) is 90.6 Å². The molecular weight excluding hydrogens is 400 g/mol. The summed E-state index contributed by atoms with van der Waals surface area (Å²) in [5, 5.41) is 5.10. The highest BCUT2D eigenvalue weighted by Crippen LogP contribution is 2.42. The van der Waals surface area contributed by atoms with Crippen molar-refractivity contribution in [3.63, 3.8) is 0 Å². The SMILES string of the molecule is COc1ccc(-c2c(-c3ccn(C)n3)sc3nc(-c4nccn4C)[nH]c(=O)c23)cc1. The molecule has 0 fully saturated rings. The number of hydrogen-bond acceptors (Lipinski definition) is 6. The van der Waals surface area contributed by atoms with Crippen molar-refractivity contribution < 1.29 is 4.74 Å². The van der Waals surface area contributed by atoms with E-state index in [0.29, 0.717) is 21.9 Å². The second-order valence-electron chi connectivity index (χ2n) is 6.87. The Labute approximate surface area is 175 Å². The predicted octanol–water partition coefficient (Wildman–Crippen LogP) is 3.46. The lowest BCUT2D eigenvalue weighted by Crippen LogP contribution is -2.10. The molecule has 0 unspecified atom stereocenters. The first kappa shape index (κ1) is 18.3. The molecule has 4 heterocycles. The number of H-pyrrole nitrogens is 1. The Hall–Kier alpha value is -3.72. The van der Waals surface area contributed by atoms with Crippen molar-refractivity contribution in [1.82, 2.24) is 29.3 Å². The molecule has 8 nitrogen and oxygen atoms in total. The van der Waals surface area contributed by atoms with Gasteiger partial charge in [0.15, 0.2) is 11.6 Å². The number of methoxy groups -OCH3 is 1. The maximum absolute atomic E-state index is 13.2. The van der Waals surface area contributed by atoms with Crippen LogP contribution in [-0.4, -0.2) is 36.4 Å². The van der Waals surface area contributed by atoms with E-state index in [2.05, 4.69) is 15.1 Å². The number of thiophene rings is 1. The van der Waals surface area contributed by atoms with Gasteiger partial charge in [0, 0.05) is 38.2 Å². The molecule has 4 aromatic heterocycles. The van der Waals surface area contributed by atoms with Crippen LogP contribution in [0.1, 0.15) is 0 Å². The summed E-state index contributed by atoms with van der Waals surface area (Å²) < 4.78 is 8.85.